The Morgan fingerprint density at radius 1 is 1.23 bits per heavy atom. The Morgan fingerprint density at radius 2 is 2.00 bits per heavy atom. The van der Waals surface area contributed by atoms with Crippen LogP contribution in [0.15, 0.2) is 24.4 Å². The second-order valence-electron chi connectivity index (χ2n) is 7.97. The van der Waals surface area contributed by atoms with Gasteiger partial charge >= 0.3 is 0 Å². The Labute approximate surface area is 184 Å². The maximum atomic E-state index is 13.0. The van der Waals surface area contributed by atoms with E-state index in [0.29, 0.717) is 63.6 Å². The molecule has 2 aliphatic heterocycles. The molecular weight excluding hydrogens is 418 g/mol. The highest BCUT2D eigenvalue weighted by atomic mass is 35.5. The van der Waals surface area contributed by atoms with Crippen molar-refractivity contribution in [3.8, 4) is 17.3 Å². The summed E-state index contributed by atoms with van der Waals surface area (Å²) in [5, 5.41) is 0.438. The number of carbonyl (C=O) groups is 2. The highest BCUT2D eigenvalue weighted by Gasteiger charge is 2.37. The predicted molar refractivity (Wildman–Crippen MR) is 117 cm³/mol. The topological polar surface area (TPSA) is 91.4 Å². The van der Waals surface area contributed by atoms with Crippen LogP contribution in [0.2, 0.25) is 5.02 Å². The van der Waals surface area contributed by atoms with Crippen molar-refractivity contribution < 1.29 is 14.3 Å². The summed E-state index contributed by atoms with van der Waals surface area (Å²) in [5.41, 5.74) is 2.53. The number of likely N-dealkylation sites (tertiary alicyclic amines) is 1. The van der Waals surface area contributed by atoms with E-state index in [2.05, 4.69) is 26.8 Å². The van der Waals surface area contributed by atoms with Gasteiger partial charge in [0.05, 0.1) is 39.9 Å². The van der Waals surface area contributed by atoms with E-state index >= 15 is 0 Å². The summed E-state index contributed by atoms with van der Waals surface area (Å²) in [7, 11) is 1.51. The van der Waals surface area contributed by atoms with Gasteiger partial charge in [0.25, 0.3) is 11.8 Å². The van der Waals surface area contributed by atoms with Crippen LogP contribution in [0.5, 0.6) is 5.88 Å². The van der Waals surface area contributed by atoms with Crippen molar-refractivity contribution in [1.82, 2.24) is 24.8 Å². The lowest BCUT2D eigenvalue weighted by Gasteiger charge is -2.23. The second kappa shape index (κ2) is 7.62. The summed E-state index contributed by atoms with van der Waals surface area (Å²) in [5.74, 6) is 0.277. The molecule has 2 aromatic heterocycles. The number of aromatic nitrogens is 3. The number of rotatable bonds is 5. The quantitative estimate of drug-likeness (QED) is 0.613. The number of H-pyrrole nitrogens is 1. The molecule has 0 radical (unpaired) electrons. The summed E-state index contributed by atoms with van der Waals surface area (Å²) in [6.07, 6.45) is 3.87. The standard InChI is InChI=1S/C22H22ClN5O3/c1-12-4-3-7-27(12)8-9-28-21(29)13-10-16-17(11-14(13)22(28)30)26-19(25-16)18-15(23)5-6-24-20(18)31-2/h5-6,10-12H,3-4,7-9H2,1-2H3,(H,25,26)/t12-/m0/s1. The summed E-state index contributed by atoms with van der Waals surface area (Å²) in [6, 6.07) is 5.50. The van der Waals surface area contributed by atoms with E-state index in [1.807, 2.05) is 0 Å². The lowest BCUT2D eigenvalue weighted by Crippen LogP contribution is -2.39. The zero-order valence-electron chi connectivity index (χ0n) is 17.3. The third-order valence-corrected chi connectivity index (χ3v) is 6.48. The molecule has 8 nitrogen and oxygen atoms in total. The molecule has 0 spiro atoms. The maximum Gasteiger partial charge on any atom is 0.261 e. The number of nitrogens with one attached hydrogen (secondary N) is 1. The molecule has 1 aromatic carbocycles. The van der Waals surface area contributed by atoms with Crippen molar-refractivity contribution in [2.45, 2.75) is 25.8 Å². The molecule has 1 saturated heterocycles. The van der Waals surface area contributed by atoms with Gasteiger partial charge in [-0.1, -0.05) is 11.6 Å². The van der Waals surface area contributed by atoms with Gasteiger partial charge in [-0.3, -0.25) is 19.4 Å². The molecule has 0 bridgehead atoms. The van der Waals surface area contributed by atoms with Crippen LogP contribution in [0.25, 0.3) is 22.4 Å². The van der Waals surface area contributed by atoms with Crippen LogP contribution in [0.3, 0.4) is 0 Å². The number of fused-ring (bicyclic) bond motifs is 2. The van der Waals surface area contributed by atoms with Crippen LogP contribution >= 0.6 is 11.6 Å². The fourth-order valence-corrected chi connectivity index (χ4v) is 4.68. The molecule has 1 atom stereocenters. The molecule has 3 aromatic rings. The first-order valence-electron chi connectivity index (χ1n) is 10.3. The van der Waals surface area contributed by atoms with Crippen LogP contribution in [0.4, 0.5) is 0 Å². The number of imidazole rings is 1. The Kier molecular flexibility index (Phi) is 4.91. The number of amides is 2. The van der Waals surface area contributed by atoms with Crippen LogP contribution in [-0.2, 0) is 0 Å². The molecule has 0 saturated carbocycles. The molecule has 5 rings (SSSR count). The summed E-state index contributed by atoms with van der Waals surface area (Å²) >= 11 is 6.34. The SMILES string of the molecule is COc1nccc(Cl)c1-c1nc2cc3c(cc2[nH]1)C(=O)N(CCN1CCC[C@@H]1C)C3=O. The molecule has 0 aliphatic carbocycles. The lowest BCUT2D eigenvalue weighted by atomic mass is 10.1. The second-order valence-corrected chi connectivity index (χ2v) is 8.37. The van der Waals surface area contributed by atoms with Gasteiger partial charge in [0.15, 0.2) is 0 Å². The number of hydrogen-bond donors (Lipinski definition) is 1. The fraction of sp³-hybridized carbons (Fsp3) is 0.364. The van der Waals surface area contributed by atoms with Crippen LogP contribution in [0.1, 0.15) is 40.5 Å². The zero-order chi connectivity index (χ0) is 21.7. The number of halogens is 1. The van der Waals surface area contributed by atoms with E-state index in [0.717, 1.165) is 19.4 Å². The third kappa shape index (κ3) is 3.26. The molecule has 31 heavy (non-hydrogen) atoms. The maximum absolute atomic E-state index is 13.0. The molecule has 1 N–H and O–H groups in total. The van der Waals surface area contributed by atoms with Gasteiger partial charge in [-0.25, -0.2) is 9.97 Å². The van der Waals surface area contributed by atoms with Crippen molar-refractivity contribution >= 4 is 34.4 Å². The first kappa shape index (κ1) is 20.0. The number of methoxy groups -OCH3 is 1. The van der Waals surface area contributed by atoms with Crippen LogP contribution < -0.4 is 4.74 Å². The van der Waals surface area contributed by atoms with Crippen molar-refractivity contribution in [2.24, 2.45) is 0 Å². The van der Waals surface area contributed by atoms with Gasteiger partial charge in [0.2, 0.25) is 5.88 Å². The first-order chi connectivity index (χ1) is 15.0. The lowest BCUT2D eigenvalue weighted by molar-refractivity contribution is 0.0634. The van der Waals surface area contributed by atoms with E-state index in [9.17, 15) is 9.59 Å². The highest BCUT2D eigenvalue weighted by Crippen LogP contribution is 2.35. The normalized spacial score (nSPS) is 18.9. The van der Waals surface area contributed by atoms with Crippen molar-refractivity contribution in [1.29, 1.82) is 0 Å². The summed E-state index contributed by atoms with van der Waals surface area (Å²) < 4.78 is 5.31. The van der Waals surface area contributed by atoms with E-state index in [1.54, 1.807) is 24.4 Å². The zero-order valence-corrected chi connectivity index (χ0v) is 18.1. The third-order valence-electron chi connectivity index (χ3n) is 6.17. The van der Waals surface area contributed by atoms with E-state index in [4.69, 9.17) is 16.3 Å². The van der Waals surface area contributed by atoms with Gasteiger partial charge < -0.3 is 9.72 Å². The van der Waals surface area contributed by atoms with Crippen LogP contribution in [0, 0.1) is 0 Å². The largest absolute Gasteiger partial charge is 0.480 e. The molecule has 0 unspecified atom stereocenters. The predicted octanol–water partition coefficient (Wildman–Crippen LogP) is 3.37. The van der Waals surface area contributed by atoms with Crippen molar-refractivity contribution in [3.05, 3.63) is 40.5 Å². The summed E-state index contributed by atoms with van der Waals surface area (Å²) in [4.78, 5) is 41.5. The monoisotopic (exact) mass is 439 g/mol. The van der Waals surface area contributed by atoms with Gasteiger partial charge in [-0.05, 0) is 44.5 Å². The minimum atomic E-state index is -0.268. The van der Waals surface area contributed by atoms with E-state index < -0.39 is 0 Å². The average Bonchev–Trinajstić information content (AvgIpc) is 3.42. The number of pyridine rings is 1. The summed E-state index contributed by atoms with van der Waals surface area (Å²) in [6.45, 7) is 4.29. The minimum absolute atomic E-state index is 0.262. The minimum Gasteiger partial charge on any atom is -0.480 e. The smallest absolute Gasteiger partial charge is 0.261 e. The number of imide groups is 1. The number of nitrogens with zero attached hydrogens (tertiary/aromatic N) is 4. The molecule has 2 aliphatic rings. The Morgan fingerprint density at radius 3 is 2.71 bits per heavy atom. The Hall–Kier alpha value is -2.97. The fourth-order valence-electron chi connectivity index (χ4n) is 4.46. The van der Waals surface area contributed by atoms with E-state index in [1.165, 1.54) is 12.0 Å². The van der Waals surface area contributed by atoms with Gasteiger partial charge in [0.1, 0.15) is 5.82 Å². The highest BCUT2D eigenvalue weighted by molar-refractivity contribution is 6.33. The molecule has 9 heteroatoms. The number of benzene rings is 1. The molecule has 2 amide bonds. The first-order valence-corrected chi connectivity index (χ1v) is 10.7. The van der Waals surface area contributed by atoms with Crippen LogP contribution in [-0.4, -0.2) is 69.4 Å². The molecule has 160 valence electrons. The van der Waals surface area contributed by atoms with Crippen molar-refractivity contribution in [3.63, 3.8) is 0 Å². The number of aromatic amines is 1. The number of ether oxygens (including phenoxy) is 1. The number of hydrogen-bond acceptors (Lipinski definition) is 6. The molecule has 1 fully saturated rings. The Balaban J connectivity index is 1.46. The van der Waals surface area contributed by atoms with E-state index in [-0.39, 0.29) is 11.8 Å². The van der Waals surface area contributed by atoms with Gasteiger partial charge in [0, 0.05) is 25.3 Å². The molecule has 4 heterocycles. The van der Waals surface area contributed by atoms with Gasteiger partial charge in [-0.2, -0.15) is 0 Å². The average molecular weight is 440 g/mol. The van der Waals surface area contributed by atoms with Gasteiger partial charge in [-0.15, -0.1) is 0 Å². The number of carbonyl (C=O) groups excluding carboxylic acids is 2. The molecular formula is C22H22ClN5O3. The Bertz CT molecular complexity index is 1150. The van der Waals surface area contributed by atoms with Crippen molar-refractivity contribution in [2.75, 3.05) is 26.7 Å².